The van der Waals surface area contributed by atoms with Crippen molar-refractivity contribution in [2.75, 3.05) is 28.2 Å². The minimum atomic E-state index is -6.00. The lowest BCUT2D eigenvalue weighted by Gasteiger charge is -2.18. The summed E-state index contributed by atoms with van der Waals surface area (Å²) in [4.78, 5) is 4.34. The number of hydrogen-bond acceptors (Lipinski definition) is 1. The van der Waals surface area contributed by atoms with Crippen molar-refractivity contribution in [3.05, 3.63) is 28.4 Å². The van der Waals surface area contributed by atoms with Crippen molar-refractivity contribution in [3.63, 3.8) is 0 Å². The van der Waals surface area contributed by atoms with Crippen LogP contribution in [-0.2, 0) is 0 Å². The van der Waals surface area contributed by atoms with Crippen LogP contribution >= 0.6 is 22.1 Å². The maximum Gasteiger partial charge on any atom is 0.673 e. The Morgan fingerprint density at radius 1 is 1.26 bits per heavy atom. The lowest BCUT2D eigenvalue weighted by atomic mass is 10.3. The van der Waals surface area contributed by atoms with Gasteiger partial charge in [-0.2, -0.15) is 4.74 Å². The Morgan fingerprint density at radius 3 is 2.22 bits per heavy atom. The van der Waals surface area contributed by atoms with Gasteiger partial charge < -0.3 is 22.5 Å². The first-order chi connectivity index (χ1) is 10.4. The van der Waals surface area contributed by atoms with Gasteiger partial charge in [0.25, 0.3) is 0 Å². The first-order valence-electron chi connectivity index (χ1n) is 6.48. The number of nitrogens with one attached hydrogen (secondary N) is 1. The summed E-state index contributed by atoms with van der Waals surface area (Å²) in [6.07, 6.45) is 0. The van der Waals surface area contributed by atoms with Crippen LogP contribution in [0.2, 0.25) is 5.02 Å². The quantitative estimate of drug-likeness (QED) is 0.249. The van der Waals surface area contributed by atoms with Gasteiger partial charge in [0.15, 0.2) is 0 Å². The Bertz CT molecular complexity index is 634. The van der Waals surface area contributed by atoms with E-state index in [-0.39, 0.29) is 10.5 Å². The van der Waals surface area contributed by atoms with Crippen LogP contribution in [0.4, 0.5) is 23.0 Å². The molecule has 0 saturated carbocycles. The Balaban J connectivity index is 0.000000463. The summed E-state index contributed by atoms with van der Waals surface area (Å²) in [5.74, 6) is 0. The molecule has 1 atom stereocenters. The highest BCUT2D eigenvalue weighted by atomic mass is 35.5. The van der Waals surface area contributed by atoms with E-state index >= 15 is 0 Å². The molecule has 1 aromatic rings. The van der Waals surface area contributed by atoms with E-state index in [2.05, 4.69) is 19.0 Å². The zero-order chi connectivity index (χ0) is 17.9. The molecular formula is C12H17BClF4N3OS. The number of benzene rings is 1. The van der Waals surface area contributed by atoms with Crippen molar-refractivity contribution < 1.29 is 26.9 Å². The van der Waals surface area contributed by atoms with Crippen LogP contribution in [0.3, 0.4) is 0 Å². The number of halogens is 5. The summed E-state index contributed by atoms with van der Waals surface area (Å²) in [7, 11) is 1.85. The van der Waals surface area contributed by atoms with Crippen molar-refractivity contribution in [1.82, 2.24) is 4.90 Å². The average Bonchev–Trinajstić information content (AvgIpc) is 2.63. The zero-order valence-electron chi connectivity index (χ0n) is 13.0. The second-order valence-electron chi connectivity index (χ2n) is 5.08. The van der Waals surface area contributed by atoms with Crippen LogP contribution in [-0.4, -0.2) is 55.7 Å². The highest BCUT2D eigenvalue weighted by molar-refractivity contribution is 8.27. The van der Waals surface area contributed by atoms with E-state index in [1.54, 1.807) is 11.6 Å². The van der Waals surface area contributed by atoms with Gasteiger partial charge in [0, 0.05) is 21.6 Å². The van der Waals surface area contributed by atoms with Gasteiger partial charge in [0.2, 0.25) is 16.3 Å². The molecule has 0 bridgehead atoms. The summed E-state index contributed by atoms with van der Waals surface area (Å²) in [6.45, 7) is 0. The molecule has 1 N–H and O–H groups in total. The van der Waals surface area contributed by atoms with Crippen LogP contribution in [0.15, 0.2) is 23.1 Å². The SMILES string of the molecule is CN(C)C([NH+](C)C)=S1C=[N+]([O-])c2cc(Cl)ccc21.F[B-](F)(F)F. The molecule has 4 nitrogen and oxygen atoms in total. The zero-order valence-corrected chi connectivity index (χ0v) is 14.6. The number of rotatable bonds is 0. The fourth-order valence-corrected chi connectivity index (χ4v) is 4.39. The smallest absolute Gasteiger partial charge is 0.618 e. The fraction of sp³-hybridized carbons (Fsp3) is 0.333. The predicted octanol–water partition coefficient (Wildman–Crippen LogP) is 2.25. The van der Waals surface area contributed by atoms with E-state index < -0.39 is 7.25 Å². The fourth-order valence-electron chi connectivity index (χ4n) is 2.08. The van der Waals surface area contributed by atoms with E-state index in [1.807, 2.05) is 26.2 Å². The normalized spacial score (nSPS) is 17.6. The van der Waals surface area contributed by atoms with Crippen LogP contribution in [0, 0.1) is 5.21 Å². The van der Waals surface area contributed by atoms with Gasteiger partial charge in [-0.15, -0.1) is 0 Å². The number of quaternary nitrogens is 1. The second kappa shape index (κ2) is 7.65. The molecule has 1 aromatic carbocycles. The molecule has 0 radical (unpaired) electrons. The molecule has 2 rings (SSSR count). The van der Waals surface area contributed by atoms with Crippen molar-refractivity contribution in [1.29, 1.82) is 0 Å². The van der Waals surface area contributed by atoms with Gasteiger partial charge >= 0.3 is 7.25 Å². The molecule has 11 heteroatoms. The Kier molecular flexibility index (Phi) is 6.64. The van der Waals surface area contributed by atoms with Gasteiger partial charge in [0.1, 0.15) is 0 Å². The monoisotopic (exact) mass is 373 g/mol. The predicted molar refractivity (Wildman–Crippen MR) is 88.4 cm³/mol. The number of nitrogens with zero attached hydrogens (tertiary/aromatic N) is 2. The standard InChI is InChI=1S/C12H16ClN3OS.BF4/c1-14(2)12(15(3)4)18-8-16(17)10-7-9(13)5-6-11(10)18;2-1(3,4)5/h5-8H,1-4H3;/q;-1/p+1. The number of hydrogen-bond donors (Lipinski definition) is 1. The van der Waals surface area contributed by atoms with E-state index in [0.717, 1.165) is 9.63 Å². The molecule has 0 amide bonds. The Hall–Kier alpha value is -1.10. The van der Waals surface area contributed by atoms with Crippen molar-refractivity contribution in [2.45, 2.75) is 4.90 Å². The molecule has 0 saturated heterocycles. The van der Waals surface area contributed by atoms with Crippen molar-refractivity contribution in [3.8, 4) is 0 Å². The lowest BCUT2D eigenvalue weighted by molar-refractivity contribution is -0.761. The van der Waals surface area contributed by atoms with Gasteiger partial charge in [-0.1, -0.05) is 11.6 Å². The molecular weight excluding hydrogens is 356 g/mol. The highest BCUT2D eigenvalue weighted by Gasteiger charge is 2.28. The molecule has 0 fully saturated rings. The molecule has 1 aliphatic rings. The summed E-state index contributed by atoms with van der Waals surface area (Å²) >= 11 is 5.94. The molecule has 0 aromatic heterocycles. The van der Waals surface area contributed by atoms with Crippen LogP contribution in [0.1, 0.15) is 0 Å². The summed E-state index contributed by atoms with van der Waals surface area (Å²) in [5.41, 5.74) is 2.38. The van der Waals surface area contributed by atoms with Gasteiger partial charge in [-0.05, 0) is 26.2 Å². The minimum Gasteiger partial charge on any atom is -0.618 e. The highest BCUT2D eigenvalue weighted by Crippen LogP contribution is 2.40. The van der Waals surface area contributed by atoms with E-state index in [4.69, 9.17) is 11.6 Å². The van der Waals surface area contributed by atoms with Crippen LogP contribution in [0.5, 0.6) is 0 Å². The van der Waals surface area contributed by atoms with Crippen LogP contribution < -0.4 is 4.90 Å². The third kappa shape index (κ3) is 5.80. The van der Waals surface area contributed by atoms with Crippen molar-refractivity contribution >= 4 is 45.7 Å². The molecule has 23 heavy (non-hydrogen) atoms. The molecule has 0 spiro atoms. The molecule has 0 aliphatic carbocycles. The van der Waals surface area contributed by atoms with Gasteiger partial charge in [-0.25, -0.2) is 4.90 Å². The molecule has 1 heterocycles. The molecule has 1 unspecified atom stereocenters. The molecule has 130 valence electrons. The topological polar surface area (TPSA) is 33.8 Å². The maximum atomic E-state index is 11.9. The van der Waals surface area contributed by atoms with E-state index in [9.17, 15) is 22.5 Å². The first-order valence-corrected chi connectivity index (χ1v) is 8.14. The minimum absolute atomic E-state index is 0.303. The third-order valence-corrected chi connectivity index (χ3v) is 5.29. The van der Waals surface area contributed by atoms with Crippen molar-refractivity contribution in [2.24, 2.45) is 0 Å². The summed E-state index contributed by atoms with van der Waals surface area (Å²) in [5, 5.41) is 13.7. The van der Waals surface area contributed by atoms with E-state index in [0.29, 0.717) is 10.7 Å². The lowest BCUT2D eigenvalue weighted by Crippen LogP contribution is -3.10. The van der Waals surface area contributed by atoms with Crippen LogP contribution in [0.25, 0.3) is 0 Å². The molecule has 1 aliphatic heterocycles. The largest absolute Gasteiger partial charge is 0.673 e. The maximum absolute atomic E-state index is 11.9. The summed E-state index contributed by atoms with van der Waals surface area (Å²) < 4.78 is 39.9. The Morgan fingerprint density at radius 2 is 1.78 bits per heavy atom. The third-order valence-electron chi connectivity index (χ3n) is 2.64. The van der Waals surface area contributed by atoms with Gasteiger partial charge in [0.05, 0.1) is 19.0 Å². The van der Waals surface area contributed by atoms with Gasteiger partial charge in [-0.3, -0.25) is 4.90 Å². The summed E-state index contributed by atoms with van der Waals surface area (Å²) in [6, 6.07) is 5.51. The second-order valence-corrected chi connectivity index (χ2v) is 7.22. The Labute approximate surface area is 139 Å². The van der Waals surface area contributed by atoms with E-state index in [1.165, 1.54) is 10.0 Å². The first kappa shape index (κ1) is 20.0. The number of fused-ring (bicyclic) bond motifs is 1. The average molecular weight is 374 g/mol.